The van der Waals surface area contributed by atoms with Gasteiger partial charge in [-0.1, -0.05) is 20.2 Å². The van der Waals surface area contributed by atoms with Crippen LogP contribution in [0.1, 0.15) is 65.2 Å². The molecule has 3 heterocycles. The highest BCUT2D eigenvalue weighted by atomic mass is 32.2. The molecule has 1 unspecified atom stereocenters. The standard InChI is InChI=1S/C25H36N6O4S/c1-5-8-20-22-23(31(4)29-20)25(32)28-24(27-22)19-16-18(10-11-21(19)35-15-6-2)36(33,34)26-13-12-17-9-7-14-30(17)3/h10-11,16-17,26H,5-9,12-15H2,1-4H3,(H,27,28,32)/i2D3,4D3,6D2,13D2. The summed E-state index contributed by atoms with van der Waals surface area (Å²) in [5, 5.41) is 4.09. The Balaban J connectivity index is 1.84. The van der Waals surface area contributed by atoms with E-state index in [0.29, 0.717) is 17.5 Å². The van der Waals surface area contributed by atoms with Crippen molar-refractivity contribution in [3.05, 3.63) is 34.2 Å². The third kappa shape index (κ3) is 5.47. The highest BCUT2D eigenvalue weighted by Gasteiger charge is 2.23. The van der Waals surface area contributed by atoms with Crippen molar-refractivity contribution in [1.29, 1.82) is 0 Å². The predicted octanol–water partition coefficient (Wildman–Crippen LogP) is 2.83. The van der Waals surface area contributed by atoms with E-state index in [0.717, 1.165) is 31.2 Å². The molecule has 11 heteroatoms. The van der Waals surface area contributed by atoms with Crippen LogP contribution in [0, 0.1) is 0 Å². The van der Waals surface area contributed by atoms with Gasteiger partial charge >= 0.3 is 0 Å². The number of fused-ring (bicyclic) bond motifs is 1. The van der Waals surface area contributed by atoms with E-state index in [1.54, 1.807) is 0 Å². The van der Waals surface area contributed by atoms with Crippen molar-refractivity contribution in [2.24, 2.45) is 6.98 Å². The average molecular weight is 527 g/mol. The third-order valence-electron chi connectivity index (χ3n) is 6.12. The highest BCUT2D eigenvalue weighted by Crippen LogP contribution is 2.31. The number of aryl methyl sites for hydroxylation is 2. The van der Waals surface area contributed by atoms with Gasteiger partial charge in [0.2, 0.25) is 10.0 Å². The zero-order valence-corrected chi connectivity index (χ0v) is 20.9. The molecule has 10 nitrogen and oxygen atoms in total. The van der Waals surface area contributed by atoms with Crippen LogP contribution in [0.15, 0.2) is 27.9 Å². The number of benzene rings is 1. The molecule has 0 bridgehead atoms. The minimum absolute atomic E-state index is 0.0658. The number of nitrogens with zero attached hydrogens (tertiary/aromatic N) is 4. The summed E-state index contributed by atoms with van der Waals surface area (Å²) in [7, 11) is -2.72. The summed E-state index contributed by atoms with van der Waals surface area (Å²) in [4.78, 5) is 21.7. The second kappa shape index (κ2) is 11.1. The van der Waals surface area contributed by atoms with Crippen LogP contribution in [-0.4, -0.2) is 65.8 Å². The summed E-state index contributed by atoms with van der Waals surface area (Å²) in [6, 6.07) is 3.03. The normalized spacial score (nSPS) is 22.3. The smallest absolute Gasteiger partial charge is 0.277 e. The van der Waals surface area contributed by atoms with Crippen LogP contribution in [-0.2, 0) is 23.4 Å². The van der Waals surface area contributed by atoms with Crippen molar-refractivity contribution in [2.45, 2.75) is 63.2 Å². The Kier molecular flexibility index (Phi) is 4.98. The van der Waals surface area contributed by atoms with Crippen LogP contribution in [0.2, 0.25) is 0 Å². The van der Waals surface area contributed by atoms with Gasteiger partial charge in [0.1, 0.15) is 17.1 Å². The number of sulfonamides is 1. The number of rotatable bonds is 11. The molecule has 1 saturated heterocycles. The average Bonchev–Trinajstić information content (AvgIpc) is 3.49. The number of hydrogen-bond acceptors (Lipinski definition) is 7. The number of ether oxygens (including phenoxy) is 1. The van der Waals surface area contributed by atoms with Crippen molar-refractivity contribution < 1.29 is 26.9 Å². The van der Waals surface area contributed by atoms with Gasteiger partial charge in [0.05, 0.1) is 22.8 Å². The molecule has 2 aromatic heterocycles. The SMILES string of the molecule is [2H]C([2H])(CC1CCCN1C)NS(=O)(=O)c1ccc(OCC([2H])([2H])C([2H])([2H])[2H])c(-c2nc3c(CCC)nn(C([2H])([2H])[2H])c3c(=O)[nH]2)c1. The molecule has 1 aliphatic heterocycles. The zero-order chi connectivity index (χ0) is 34.5. The monoisotopic (exact) mass is 526 g/mol. The Bertz CT molecular complexity index is 1750. The van der Waals surface area contributed by atoms with Crippen LogP contribution >= 0.6 is 0 Å². The van der Waals surface area contributed by atoms with E-state index in [-0.39, 0.29) is 52.7 Å². The van der Waals surface area contributed by atoms with Crippen molar-refractivity contribution in [3.63, 3.8) is 0 Å². The van der Waals surface area contributed by atoms with Crippen LogP contribution in [0.5, 0.6) is 5.75 Å². The van der Waals surface area contributed by atoms with Crippen LogP contribution in [0.4, 0.5) is 0 Å². The maximum atomic E-state index is 13.5. The molecule has 4 rings (SSSR count). The first-order valence-corrected chi connectivity index (χ1v) is 13.1. The fraction of sp³-hybridized carbons (Fsp3) is 0.560. The molecule has 0 saturated carbocycles. The first-order chi connectivity index (χ1) is 21.1. The van der Waals surface area contributed by atoms with Gasteiger partial charge in [0.25, 0.3) is 5.56 Å². The molecule has 0 aliphatic carbocycles. The molecule has 196 valence electrons. The fourth-order valence-electron chi connectivity index (χ4n) is 4.27. The lowest BCUT2D eigenvalue weighted by Gasteiger charge is -2.19. The van der Waals surface area contributed by atoms with E-state index < -0.39 is 53.8 Å². The Morgan fingerprint density at radius 3 is 2.97 bits per heavy atom. The van der Waals surface area contributed by atoms with Gasteiger partial charge in [0.15, 0.2) is 5.52 Å². The minimum atomic E-state index is -4.55. The van der Waals surface area contributed by atoms with E-state index in [4.69, 9.17) is 18.4 Å². The van der Waals surface area contributed by atoms with Gasteiger partial charge in [-0.3, -0.25) is 9.48 Å². The Morgan fingerprint density at radius 1 is 1.39 bits per heavy atom. The maximum absolute atomic E-state index is 13.5. The molecular weight excluding hydrogens is 480 g/mol. The number of nitrogens with one attached hydrogen (secondary N) is 2. The minimum Gasteiger partial charge on any atom is -0.493 e. The fourth-order valence-corrected chi connectivity index (χ4v) is 5.18. The summed E-state index contributed by atoms with van der Waals surface area (Å²) in [6.45, 7) is -6.63. The van der Waals surface area contributed by atoms with E-state index >= 15 is 0 Å². The summed E-state index contributed by atoms with van der Waals surface area (Å²) in [5.41, 5.74) is -1.34. The van der Waals surface area contributed by atoms with Gasteiger partial charge in [-0.05, 0) is 63.8 Å². The molecular formula is C25H36N6O4S. The number of aromatic amines is 1. The Hall–Kier alpha value is -2.76. The van der Waals surface area contributed by atoms with Crippen molar-refractivity contribution in [3.8, 4) is 17.1 Å². The van der Waals surface area contributed by atoms with Gasteiger partial charge in [-0.15, -0.1) is 0 Å². The van der Waals surface area contributed by atoms with E-state index in [9.17, 15) is 13.2 Å². The zero-order valence-electron chi connectivity index (χ0n) is 30.1. The van der Waals surface area contributed by atoms with Crippen molar-refractivity contribution in [2.75, 3.05) is 26.7 Å². The summed E-state index contributed by atoms with van der Waals surface area (Å²) < 4.78 is 114. The van der Waals surface area contributed by atoms with Gasteiger partial charge in [-0.25, -0.2) is 18.1 Å². The Labute approximate surface area is 226 Å². The molecule has 0 radical (unpaired) electrons. The van der Waals surface area contributed by atoms with Crippen LogP contribution in [0.3, 0.4) is 0 Å². The Morgan fingerprint density at radius 2 is 2.25 bits per heavy atom. The maximum Gasteiger partial charge on any atom is 0.277 e. The van der Waals surface area contributed by atoms with Crippen molar-refractivity contribution >= 4 is 21.1 Å². The highest BCUT2D eigenvalue weighted by molar-refractivity contribution is 7.89. The molecule has 36 heavy (non-hydrogen) atoms. The number of aromatic nitrogens is 4. The molecule has 1 aromatic carbocycles. The molecule has 0 amide bonds. The first-order valence-electron chi connectivity index (χ1n) is 16.6. The van der Waals surface area contributed by atoms with Gasteiger partial charge < -0.3 is 14.6 Å². The molecule has 0 spiro atoms. The van der Waals surface area contributed by atoms with Gasteiger partial charge in [0, 0.05) is 33.2 Å². The third-order valence-corrected chi connectivity index (χ3v) is 7.41. The van der Waals surface area contributed by atoms with Crippen LogP contribution < -0.4 is 15.0 Å². The van der Waals surface area contributed by atoms with Crippen LogP contribution in [0.25, 0.3) is 22.4 Å². The molecule has 3 aromatic rings. The van der Waals surface area contributed by atoms with E-state index in [1.165, 1.54) is 0 Å². The molecule has 1 atom stereocenters. The quantitative estimate of drug-likeness (QED) is 0.394. The first kappa shape index (κ1) is 16.2. The topological polar surface area (TPSA) is 122 Å². The second-order valence-corrected chi connectivity index (χ2v) is 10.3. The number of likely N-dealkylation sites (tertiary alicyclic amines) is 1. The predicted molar refractivity (Wildman–Crippen MR) is 140 cm³/mol. The summed E-state index contributed by atoms with van der Waals surface area (Å²) >= 11 is 0. The second-order valence-electron chi connectivity index (χ2n) is 8.61. The largest absolute Gasteiger partial charge is 0.493 e. The lowest BCUT2D eigenvalue weighted by Crippen LogP contribution is -2.31. The lowest BCUT2D eigenvalue weighted by molar-refractivity contribution is 0.297. The summed E-state index contributed by atoms with van der Waals surface area (Å²) in [6.07, 6.45) is -0.595. The molecule has 1 aliphatic rings. The summed E-state index contributed by atoms with van der Waals surface area (Å²) in [5.74, 6) is -0.539. The number of H-pyrrole nitrogens is 1. The number of hydrogen-bond donors (Lipinski definition) is 2. The van der Waals surface area contributed by atoms with E-state index in [1.807, 2.05) is 18.9 Å². The van der Waals surface area contributed by atoms with Gasteiger partial charge in [-0.2, -0.15) is 5.10 Å². The van der Waals surface area contributed by atoms with E-state index in [2.05, 4.69) is 19.8 Å². The lowest BCUT2D eigenvalue weighted by atomic mass is 10.1. The molecule has 2 N–H and O–H groups in total. The molecule has 1 fully saturated rings. The van der Waals surface area contributed by atoms with Crippen molar-refractivity contribution in [1.82, 2.24) is 29.4 Å².